The zero-order valence-corrected chi connectivity index (χ0v) is 24.8. The number of allylic oxidation sites excluding steroid dienone is 1. The van der Waals surface area contributed by atoms with E-state index in [2.05, 4.69) is 5.10 Å². The lowest BCUT2D eigenvalue weighted by Crippen LogP contribution is -2.41. The molecule has 11 heteroatoms. The Balaban J connectivity index is 1.32. The molecule has 0 unspecified atom stereocenters. The summed E-state index contributed by atoms with van der Waals surface area (Å²) in [4.78, 5) is 11.5. The van der Waals surface area contributed by atoms with E-state index in [4.69, 9.17) is 44.9 Å². The van der Waals surface area contributed by atoms with Crippen molar-refractivity contribution in [2.24, 2.45) is 5.92 Å². The molecule has 216 valence electrons. The number of carboxylic acids is 1. The van der Waals surface area contributed by atoms with E-state index in [0.717, 1.165) is 18.5 Å². The maximum Gasteiger partial charge on any atom is 0.356 e. The van der Waals surface area contributed by atoms with E-state index in [1.165, 1.54) is 0 Å². The number of carboxylic acid groups (broad SMARTS) is 1. The largest absolute Gasteiger partial charge is 0.512 e. The predicted octanol–water partition coefficient (Wildman–Crippen LogP) is 7.56. The molecule has 1 heterocycles. The van der Waals surface area contributed by atoms with E-state index in [-0.39, 0.29) is 41.6 Å². The summed E-state index contributed by atoms with van der Waals surface area (Å²) < 4.78 is 7.67. The highest BCUT2D eigenvalue weighted by atomic mass is 35.5. The normalized spacial score (nSPS) is 20.9. The van der Waals surface area contributed by atoms with Crippen LogP contribution in [0.5, 0.6) is 5.75 Å². The van der Waals surface area contributed by atoms with Crippen molar-refractivity contribution >= 4 is 46.5 Å². The van der Waals surface area contributed by atoms with Crippen molar-refractivity contribution in [2.45, 2.75) is 57.1 Å². The fraction of sp³-hybridized carbons (Fsp3) is 0.367. The Labute approximate surface area is 252 Å². The second-order valence-electron chi connectivity index (χ2n) is 11.0. The fourth-order valence-electron chi connectivity index (χ4n) is 5.30. The molecule has 3 aromatic rings. The van der Waals surface area contributed by atoms with Crippen LogP contribution in [0.25, 0.3) is 0 Å². The number of nitrogens with zero attached hydrogens (tertiary/aromatic N) is 2. The Morgan fingerprint density at radius 1 is 1.10 bits per heavy atom. The second kappa shape index (κ2) is 11.3. The number of rotatable bonds is 10. The summed E-state index contributed by atoms with van der Waals surface area (Å²) in [5.74, 6) is -0.694. The van der Waals surface area contributed by atoms with Gasteiger partial charge in [0.25, 0.3) is 0 Å². The third kappa shape index (κ3) is 5.84. The van der Waals surface area contributed by atoms with Gasteiger partial charge in [-0.05, 0) is 69.9 Å². The van der Waals surface area contributed by atoms with Crippen LogP contribution in [0.1, 0.15) is 78.8 Å². The first-order valence-corrected chi connectivity index (χ1v) is 14.5. The molecule has 0 saturated heterocycles. The number of aliphatic hydroxyl groups is 2. The molecule has 2 aromatic carbocycles. The molecular formula is C30H30Cl3N3O5. The van der Waals surface area contributed by atoms with Gasteiger partial charge in [-0.15, -0.1) is 0 Å². The van der Waals surface area contributed by atoms with Crippen molar-refractivity contribution in [3.8, 4) is 5.75 Å². The lowest BCUT2D eigenvalue weighted by Gasteiger charge is -2.44. The summed E-state index contributed by atoms with van der Waals surface area (Å²) in [5.41, 5.74) is 0.729. The van der Waals surface area contributed by atoms with Crippen LogP contribution in [0.3, 0.4) is 0 Å². The molecule has 0 amide bonds. The summed E-state index contributed by atoms with van der Waals surface area (Å²) in [7, 11) is 0. The number of aromatic carboxylic acids is 1. The molecular weight excluding hydrogens is 589 g/mol. The predicted molar refractivity (Wildman–Crippen MR) is 158 cm³/mol. The van der Waals surface area contributed by atoms with Crippen molar-refractivity contribution in [2.75, 3.05) is 6.61 Å². The third-order valence-corrected chi connectivity index (χ3v) is 8.61. The molecule has 4 N–H and O–H groups in total. The maximum absolute atomic E-state index is 11.5. The van der Waals surface area contributed by atoms with E-state index in [1.807, 2.05) is 13.8 Å². The van der Waals surface area contributed by atoms with E-state index < -0.39 is 11.6 Å². The SMILES string of the molecule is CC(C)n1nc(C(=O)O)cc1[C@H]1C[C@@](O)(c2ccc(OC/C(C(=N)c3c(Cl)cccc3Cl)=C(/O)C3CC3)cc2Cl)C1. The van der Waals surface area contributed by atoms with Gasteiger partial charge in [-0.1, -0.05) is 46.9 Å². The summed E-state index contributed by atoms with van der Waals surface area (Å²) in [6.07, 6.45) is 2.38. The lowest BCUT2D eigenvalue weighted by molar-refractivity contribution is -0.0569. The standard InChI is InChI=1S/C30H30Cl3N3O5/c1-15(2)36-25(11-24(35-36)29(38)39)17-12-30(40,13-17)20-9-8-18(10-23(20)33)41-14-19(28(37)16-6-7-16)27(34)26-21(31)4-3-5-22(26)32/h3-5,8-11,15-17,34,37,40H,6-7,12-14H2,1-2H3,(H,38,39)/b28-19-,34-27?/t17-,30-. The number of hydrogen-bond donors (Lipinski definition) is 4. The summed E-state index contributed by atoms with van der Waals surface area (Å²) in [6, 6.07) is 11.5. The minimum atomic E-state index is -1.19. The molecule has 0 spiro atoms. The first kappa shape index (κ1) is 29.5. The number of aromatic nitrogens is 2. The van der Waals surface area contributed by atoms with Crippen LogP contribution in [0, 0.1) is 11.3 Å². The molecule has 1 aromatic heterocycles. The molecule has 2 aliphatic rings. The lowest BCUT2D eigenvalue weighted by atomic mass is 9.66. The maximum atomic E-state index is 11.5. The van der Waals surface area contributed by atoms with Gasteiger partial charge < -0.3 is 20.1 Å². The van der Waals surface area contributed by atoms with Crippen LogP contribution >= 0.6 is 34.8 Å². The van der Waals surface area contributed by atoms with E-state index in [9.17, 15) is 20.1 Å². The fourth-order valence-corrected chi connectivity index (χ4v) is 6.23. The van der Waals surface area contributed by atoms with Crippen molar-refractivity contribution in [1.82, 2.24) is 9.78 Å². The molecule has 5 rings (SSSR count). The van der Waals surface area contributed by atoms with Crippen molar-refractivity contribution < 1.29 is 24.9 Å². The first-order chi connectivity index (χ1) is 19.4. The molecule has 2 saturated carbocycles. The van der Waals surface area contributed by atoms with Gasteiger partial charge in [-0.2, -0.15) is 5.10 Å². The molecule has 0 atom stereocenters. The van der Waals surface area contributed by atoms with Gasteiger partial charge in [-0.3, -0.25) is 10.1 Å². The van der Waals surface area contributed by atoms with Crippen LogP contribution < -0.4 is 4.74 Å². The van der Waals surface area contributed by atoms with Crippen LogP contribution in [0.2, 0.25) is 15.1 Å². The van der Waals surface area contributed by atoms with Crippen molar-refractivity contribution in [1.29, 1.82) is 5.41 Å². The van der Waals surface area contributed by atoms with Crippen LogP contribution in [0.15, 0.2) is 53.8 Å². The van der Waals surface area contributed by atoms with E-state index >= 15 is 0 Å². The smallest absolute Gasteiger partial charge is 0.356 e. The first-order valence-electron chi connectivity index (χ1n) is 13.3. The molecule has 2 aliphatic carbocycles. The zero-order valence-electron chi connectivity index (χ0n) is 22.5. The van der Waals surface area contributed by atoms with Gasteiger partial charge >= 0.3 is 5.97 Å². The molecule has 0 aliphatic heterocycles. The second-order valence-corrected chi connectivity index (χ2v) is 12.2. The summed E-state index contributed by atoms with van der Waals surface area (Å²) in [6.45, 7) is 3.76. The molecule has 41 heavy (non-hydrogen) atoms. The monoisotopic (exact) mass is 617 g/mol. The van der Waals surface area contributed by atoms with Gasteiger partial charge in [0.1, 0.15) is 18.1 Å². The van der Waals surface area contributed by atoms with E-state index in [1.54, 1.807) is 47.1 Å². The van der Waals surface area contributed by atoms with Crippen molar-refractivity contribution in [3.05, 3.63) is 91.4 Å². The topological polar surface area (TPSA) is 129 Å². The number of aliphatic hydroxyl groups excluding tert-OH is 1. The van der Waals surface area contributed by atoms with E-state index in [0.29, 0.717) is 50.4 Å². The number of ether oxygens (including phenoxy) is 1. The zero-order chi connectivity index (χ0) is 29.6. The quantitative estimate of drug-likeness (QED) is 0.137. The average Bonchev–Trinajstić information content (AvgIpc) is 3.64. The Hall–Kier alpha value is -3.04. The molecule has 0 radical (unpaired) electrons. The summed E-state index contributed by atoms with van der Waals surface area (Å²) in [5, 5.41) is 45.5. The van der Waals surface area contributed by atoms with Gasteiger partial charge in [0.05, 0.1) is 32.0 Å². The Morgan fingerprint density at radius 3 is 2.32 bits per heavy atom. The number of benzene rings is 2. The highest BCUT2D eigenvalue weighted by Gasteiger charge is 2.47. The molecule has 0 bridgehead atoms. The average molecular weight is 619 g/mol. The van der Waals surface area contributed by atoms with Crippen LogP contribution in [-0.2, 0) is 5.60 Å². The number of halogens is 3. The summed E-state index contributed by atoms with van der Waals surface area (Å²) >= 11 is 19.3. The van der Waals surface area contributed by atoms with Gasteiger partial charge in [0.15, 0.2) is 5.69 Å². The molecule has 8 nitrogen and oxygen atoms in total. The number of hydrogen-bond acceptors (Lipinski definition) is 6. The van der Waals surface area contributed by atoms with Gasteiger partial charge in [0, 0.05) is 34.7 Å². The minimum absolute atomic E-state index is 0.00534. The van der Waals surface area contributed by atoms with Gasteiger partial charge in [0.2, 0.25) is 0 Å². The van der Waals surface area contributed by atoms with Gasteiger partial charge in [-0.25, -0.2) is 4.79 Å². The Morgan fingerprint density at radius 2 is 1.76 bits per heavy atom. The Bertz CT molecular complexity index is 1530. The number of nitrogens with one attached hydrogen (secondary N) is 1. The third-order valence-electron chi connectivity index (χ3n) is 7.67. The van der Waals surface area contributed by atoms with Crippen LogP contribution in [-0.4, -0.2) is 43.4 Å². The molecule has 2 fully saturated rings. The Kier molecular flexibility index (Phi) is 8.14. The minimum Gasteiger partial charge on any atom is -0.512 e. The highest BCUT2D eigenvalue weighted by Crippen LogP contribution is 2.53. The number of carbonyl (C=O) groups is 1. The van der Waals surface area contributed by atoms with Crippen molar-refractivity contribution in [3.63, 3.8) is 0 Å². The van der Waals surface area contributed by atoms with Crippen LogP contribution in [0.4, 0.5) is 0 Å². The highest BCUT2D eigenvalue weighted by molar-refractivity contribution is 6.41.